The van der Waals surface area contributed by atoms with Crippen LogP contribution in [0.2, 0.25) is 5.02 Å². The molecule has 4 rings (SSSR count). The molecule has 32 heavy (non-hydrogen) atoms. The second-order valence-corrected chi connectivity index (χ2v) is 9.17. The summed E-state index contributed by atoms with van der Waals surface area (Å²) in [6, 6.07) is 17.5. The molecule has 0 spiro atoms. The molecule has 0 unspecified atom stereocenters. The number of aromatic nitrogens is 2. The van der Waals surface area contributed by atoms with E-state index in [1.165, 1.54) is 16.8 Å². The van der Waals surface area contributed by atoms with E-state index in [1.54, 1.807) is 47.2 Å². The number of benzene rings is 3. The minimum Gasteiger partial charge on any atom is -0.268 e. The van der Waals surface area contributed by atoms with Crippen LogP contribution in [0.5, 0.6) is 0 Å². The molecule has 160 valence electrons. The predicted molar refractivity (Wildman–Crippen MR) is 118 cm³/mol. The Balaban J connectivity index is 1.85. The topological polar surface area (TPSA) is 105 Å². The van der Waals surface area contributed by atoms with Gasteiger partial charge in [0.25, 0.3) is 5.91 Å². The van der Waals surface area contributed by atoms with Crippen LogP contribution < -0.4 is 4.72 Å². The molecule has 3 aromatic carbocycles. The normalized spacial score (nSPS) is 11.3. The molecule has 0 fully saturated rings. The molecule has 4 aromatic rings. The molecule has 10 heteroatoms. The summed E-state index contributed by atoms with van der Waals surface area (Å²) in [4.78, 5) is 12.0. The smallest absolute Gasteiger partial charge is 0.264 e. The summed E-state index contributed by atoms with van der Waals surface area (Å²) in [5, 5.41) is 14.7. The molecule has 0 aliphatic carbocycles. The molecule has 0 saturated carbocycles. The number of nitriles is 1. The van der Waals surface area contributed by atoms with Crippen molar-refractivity contribution in [2.45, 2.75) is 0 Å². The van der Waals surface area contributed by atoms with Gasteiger partial charge < -0.3 is 0 Å². The zero-order chi connectivity index (χ0) is 23.0. The molecular weight excluding hydrogens is 455 g/mol. The molecule has 0 bridgehead atoms. The fourth-order valence-corrected chi connectivity index (χ4v) is 3.86. The number of sulfonamides is 1. The average Bonchev–Trinajstić information content (AvgIpc) is 3.11. The summed E-state index contributed by atoms with van der Waals surface area (Å²) in [5.41, 5.74) is 2.21. The molecule has 0 atom stereocenters. The molecular formula is C22H14ClFN4O3S. The van der Waals surface area contributed by atoms with Crippen molar-refractivity contribution in [1.82, 2.24) is 14.5 Å². The van der Waals surface area contributed by atoms with E-state index in [0.29, 0.717) is 32.7 Å². The van der Waals surface area contributed by atoms with E-state index in [0.717, 1.165) is 12.3 Å². The fraction of sp³-hybridized carbons (Fsp3) is 0.0455. The summed E-state index contributed by atoms with van der Waals surface area (Å²) < 4.78 is 40.7. The Morgan fingerprint density at radius 3 is 2.47 bits per heavy atom. The monoisotopic (exact) mass is 468 g/mol. The minimum absolute atomic E-state index is 0.0631. The third-order valence-corrected chi connectivity index (χ3v) is 5.44. The number of hydrogen-bond donors (Lipinski definition) is 1. The van der Waals surface area contributed by atoms with Gasteiger partial charge in [-0.1, -0.05) is 23.7 Å². The van der Waals surface area contributed by atoms with Crippen LogP contribution in [-0.2, 0) is 10.0 Å². The second-order valence-electron chi connectivity index (χ2n) is 6.98. The van der Waals surface area contributed by atoms with Gasteiger partial charge in [0.15, 0.2) is 0 Å². The van der Waals surface area contributed by atoms with Gasteiger partial charge in [0.2, 0.25) is 10.0 Å². The van der Waals surface area contributed by atoms with Gasteiger partial charge in [-0.25, -0.2) is 22.2 Å². The Labute approximate surface area is 187 Å². The van der Waals surface area contributed by atoms with Gasteiger partial charge in [0.1, 0.15) is 17.2 Å². The Kier molecular flexibility index (Phi) is 5.42. The number of carbonyl (C=O) groups excluding carboxylic acids is 1. The van der Waals surface area contributed by atoms with E-state index >= 15 is 0 Å². The third-order valence-electron chi connectivity index (χ3n) is 4.65. The number of carbonyl (C=O) groups is 1. The van der Waals surface area contributed by atoms with Gasteiger partial charge in [-0.05, 0) is 48.5 Å². The van der Waals surface area contributed by atoms with E-state index in [1.807, 2.05) is 0 Å². The Hall–Kier alpha value is -3.74. The molecule has 1 amide bonds. The van der Waals surface area contributed by atoms with Crippen molar-refractivity contribution < 1.29 is 17.6 Å². The highest BCUT2D eigenvalue weighted by molar-refractivity contribution is 7.89. The Morgan fingerprint density at radius 2 is 1.84 bits per heavy atom. The lowest BCUT2D eigenvalue weighted by atomic mass is 10.1. The van der Waals surface area contributed by atoms with Gasteiger partial charge in [0.05, 0.1) is 23.4 Å². The first-order chi connectivity index (χ1) is 15.2. The van der Waals surface area contributed by atoms with Crippen LogP contribution in [0.25, 0.3) is 27.8 Å². The first-order valence-corrected chi connectivity index (χ1v) is 11.4. The van der Waals surface area contributed by atoms with Crippen LogP contribution in [0, 0.1) is 17.1 Å². The fourth-order valence-electron chi connectivity index (χ4n) is 3.24. The van der Waals surface area contributed by atoms with Gasteiger partial charge in [-0.3, -0.25) is 4.79 Å². The lowest BCUT2D eigenvalue weighted by Crippen LogP contribution is -2.29. The summed E-state index contributed by atoms with van der Waals surface area (Å²) in [6.45, 7) is 0. The molecule has 0 radical (unpaired) electrons. The van der Waals surface area contributed by atoms with Crippen molar-refractivity contribution in [3.05, 3.63) is 82.6 Å². The van der Waals surface area contributed by atoms with Crippen LogP contribution in [0.1, 0.15) is 15.9 Å². The van der Waals surface area contributed by atoms with Crippen molar-refractivity contribution in [3.8, 4) is 23.0 Å². The molecule has 1 N–H and O–H groups in total. The highest BCUT2D eigenvalue weighted by Crippen LogP contribution is 2.32. The van der Waals surface area contributed by atoms with Crippen LogP contribution in [0.4, 0.5) is 4.39 Å². The number of fused-ring (bicyclic) bond motifs is 1. The average molecular weight is 469 g/mol. The third kappa shape index (κ3) is 4.19. The SMILES string of the molecule is CS(=O)(=O)NC(=O)c1ccc(-n2nc(-c3ccc(C#N)cc3)c3cc(Cl)ccc32)c(F)c1. The van der Waals surface area contributed by atoms with Gasteiger partial charge in [-0.2, -0.15) is 10.4 Å². The highest BCUT2D eigenvalue weighted by atomic mass is 35.5. The minimum atomic E-state index is -3.78. The maximum absolute atomic E-state index is 15.0. The molecule has 1 aromatic heterocycles. The summed E-state index contributed by atoms with van der Waals surface area (Å²) in [5.74, 6) is -1.70. The van der Waals surface area contributed by atoms with Crippen LogP contribution in [-0.4, -0.2) is 30.4 Å². The summed E-state index contributed by atoms with van der Waals surface area (Å²) >= 11 is 6.17. The van der Waals surface area contributed by atoms with E-state index in [-0.39, 0.29) is 11.3 Å². The highest BCUT2D eigenvalue weighted by Gasteiger charge is 2.19. The summed E-state index contributed by atoms with van der Waals surface area (Å²) in [7, 11) is -3.78. The molecule has 0 aliphatic rings. The molecule has 7 nitrogen and oxygen atoms in total. The van der Waals surface area contributed by atoms with Crippen molar-refractivity contribution >= 4 is 38.4 Å². The summed E-state index contributed by atoms with van der Waals surface area (Å²) in [6.07, 6.45) is 0.835. The van der Waals surface area contributed by atoms with Crippen LogP contribution >= 0.6 is 11.6 Å². The van der Waals surface area contributed by atoms with Crippen molar-refractivity contribution in [2.24, 2.45) is 0 Å². The number of amides is 1. The first kappa shape index (κ1) is 21.5. The van der Waals surface area contributed by atoms with Gasteiger partial charge in [0, 0.05) is 21.5 Å². The predicted octanol–water partition coefficient (Wildman–Crippen LogP) is 4.05. The number of rotatable bonds is 4. The number of halogens is 2. The molecule has 0 aliphatic heterocycles. The maximum atomic E-state index is 15.0. The maximum Gasteiger partial charge on any atom is 0.264 e. The van der Waals surface area contributed by atoms with Gasteiger partial charge in [-0.15, -0.1) is 0 Å². The standard InChI is InChI=1S/C22H14ClFN4O3S/c1-32(30,31)27-22(29)15-6-8-20(18(24)10-15)28-19-9-7-16(23)11-17(19)21(26-28)14-4-2-13(12-25)3-5-14/h2-11H,1H3,(H,27,29). The number of hydrogen-bond acceptors (Lipinski definition) is 5. The lowest BCUT2D eigenvalue weighted by molar-refractivity contribution is 0.0981. The van der Waals surface area contributed by atoms with Crippen LogP contribution in [0.3, 0.4) is 0 Å². The Morgan fingerprint density at radius 1 is 1.12 bits per heavy atom. The number of nitrogens with one attached hydrogen (secondary N) is 1. The van der Waals surface area contributed by atoms with Crippen molar-refractivity contribution in [2.75, 3.05) is 6.26 Å². The first-order valence-electron chi connectivity index (χ1n) is 9.17. The zero-order valence-corrected chi connectivity index (χ0v) is 18.1. The van der Waals surface area contributed by atoms with E-state index in [9.17, 15) is 17.6 Å². The largest absolute Gasteiger partial charge is 0.268 e. The van der Waals surface area contributed by atoms with Crippen molar-refractivity contribution in [3.63, 3.8) is 0 Å². The van der Waals surface area contributed by atoms with E-state index in [4.69, 9.17) is 16.9 Å². The quantitative estimate of drug-likeness (QED) is 0.486. The zero-order valence-electron chi connectivity index (χ0n) is 16.5. The van der Waals surface area contributed by atoms with Crippen LogP contribution in [0.15, 0.2) is 60.7 Å². The van der Waals surface area contributed by atoms with Gasteiger partial charge >= 0.3 is 0 Å². The van der Waals surface area contributed by atoms with E-state index in [2.05, 4.69) is 11.2 Å². The number of nitrogens with zero attached hydrogens (tertiary/aromatic N) is 3. The molecule has 0 saturated heterocycles. The van der Waals surface area contributed by atoms with E-state index < -0.39 is 21.7 Å². The Bertz CT molecular complexity index is 1520. The lowest BCUT2D eigenvalue weighted by Gasteiger charge is -2.08. The van der Waals surface area contributed by atoms with Crippen molar-refractivity contribution in [1.29, 1.82) is 5.26 Å². The second kappa shape index (κ2) is 8.07. The molecule has 1 heterocycles.